The standard InChI is InChI=1S/C18H14ClN3O2/c19-14-6-8-15(9-7-14)22-11-13(10-16(22)23)18-20-17(21-24-18)12-4-2-1-3-5-12/h1-9,13H,10-11H2/t13-/m0/s1. The quantitative estimate of drug-likeness (QED) is 0.726. The van der Waals surface area contributed by atoms with E-state index in [1.807, 2.05) is 42.5 Å². The van der Waals surface area contributed by atoms with Gasteiger partial charge in [-0.3, -0.25) is 4.79 Å². The molecule has 3 aromatic rings. The first-order valence-electron chi connectivity index (χ1n) is 7.65. The molecule has 2 aromatic carbocycles. The summed E-state index contributed by atoms with van der Waals surface area (Å²) in [7, 11) is 0. The van der Waals surface area contributed by atoms with E-state index in [4.69, 9.17) is 16.1 Å². The Morgan fingerprint density at radius 1 is 1.08 bits per heavy atom. The van der Waals surface area contributed by atoms with Gasteiger partial charge in [-0.2, -0.15) is 4.98 Å². The maximum Gasteiger partial charge on any atom is 0.232 e. The Balaban J connectivity index is 1.55. The van der Waals surface area contributed by atoms with Crippen molar-refractivity contribution in [3.05, 3.63) is 65.5 Å². The number of halogens is 1. The minimum atomic E-state index is -0.0989. The molecule has 0 aliphatic carbocycles. The monoisotopic (exact) mass is 339 g/mol. The Morgan fingerprint density at radius 3 is 2.58 bits per heavy atom. The van der Waals surface area contributed by atoms with Gasteiger partial charge >= 0.3 is 0 Å². The van der Waals surface area contributed by atoms with Crippen LogP contribution in [0.15, 0.2) is 59.1 Å². The van der Waals surface area contributed by atoms with Crippen LogP contribution in [0.3, 0.4) is 0 Å². The third-order valence-electron chi connectivity index (χ3n) is 4.09. The zero-order valence-electron chi connectivity index (χ0n) is 12.7. The number of hydrogen-bond donors (Lipinski definition) is 0. The van der Waals surface area contributed by atoms with E-state index in [2.05, 4.69) is 10.1 Å². The highest BCUT2D eigenvalue weighted by Crippen LogP contribution is 2.32. The zero-order chi connectivity index (χ0) is 16.5. The minimum Gasteiger partial charge on any atom is -0.339 e. The lowest BCUT2D eigenvalue weighted by atomic mass is 10.1. The van der Waals surface area contributed by atoms with Crippen LogP contribution >= 0.6 is 11.6 Å². The number of anilines is 1. The van der Waals surface area contributed by atoms with Crippen molar-refractivity contribution in [2.45, 2.75) is 12.3 Å². The molecule has 1 amide bonds. The number of carbonyl (C=O) groups excluding carboxylic acids is 1. The van der Waals surface area contributed by atoms with E-state index >= 15 is 0 Å². The molecule has 24 heavy (non-hydrogen) atoms. The lowest BCUT2D eigenvalue weighted by Gasteiger charge is -2.15. The topological polar surface area (TPSA) is 59.2 Å². The number of hydrogen-bond acceptors (Lipinski definition) is 4. The minimum absolute atomic E-state index is 0.0433. The number of carbonyl (C=O) groups is 1. The van der Waals surface area contributed by atoms with E-state index in [1.54, 1.807) is 17.0 Å². The number of benzene rings is 2. The van der Waals surface area contributed by atoms with E-state index in [0.717, 1.165) is 11.3 Å². The number of aromatic nitrogens is 2. The van der Waals surface area contributed by atoms with Gasteiger partial charge in [-0.25, -0.2) is 0 Å². The average molecular weight is 340 g/mol. The first-order valence-corrected chi connectivity index (χ1v) is 8.03. The summed E-state index contributed by atoms with van der Waals surface area (Å²) in [6.45, 7) is 0.525. The molecule has 0 radical (unpaired) electrons. The molecule has 1 atom stereocenters. The summed E-state index contributed by atoms with van der Waals surface area (Å²) in [6.07, 6.45) is 0.360. The predicted molar refractivity (Wildman–Crippen MR) is 90.9 cm³/mol. The Bertz CT molecular complexity index is 861. The molecule has 1 aromatic heterocycles. The highest BCUT2D eigenvalue weighted by atomic mass is 35.5. The summed E-state index contributed by atoms with van der Waals surface area (Å²) < 4.78 is 5.39. The first-order chi connectivity index (χ1) is 11.7. The van der Waals surface area contributed by atoms with E-state index in [9.17, 15) is 4.79 Å². The van der Waals surface area contributed by atoms with Gasteiger partial charge in [-0.05, 0) is 24.3 Å². The molecule has 6 heteroatoms. The van der Waals surface area contributed by atoms with Crippen molar-refractivity contribution in [1.82, 2.24) is 10.1 Å². The molecule has 4 rings (SSSR count). The Labute approximate surface area is 143 Å². The van der Waals surface area contributed by atoms with Crippen LogP contribution in [0.1, 0.15) is 18.2 Å². The smallest absolute Gasteiger partial charge is 0.232 e. The molecule has 0 unspecified atom stereocenters. The fraction of sp³-hybridized carbons (Fsp3) is 0.167. The van der Waals surface area contributed by atoms with Crippen LogP contribution in [0, 0.1) is 0 Å². The number of amides is 1. The van der Waals surface area contributed by atoms with Gasteiger partial charge < -0.3 is 9.42 Å². The second-order valence-corrected chi connectivity index (χ2v) is 6.14. The molecule has 2 heterocycles. The second-order valence-electron chi connectivity index (χ2n) is 5.70. The SMILES string of the molecule is O=C1C[C@H](c2nc(-c3ccccc3)no2)CN1c1ccc(Cl)cc1. The van der Waals surface area contributed by atoms with Gasteiger partial charge in [-0.15, -0.1) is 0 Å². The average Bonchev–Trinajstić information content (AvgIpc) is 3.23. The van der Waals surface area contributed by atoms with Crippen LogP contribution in [0.4, 0.5) is 5.69 Å². The van der Waals surface area contributed by atoms with Crippen molar-refractivity contribution in [2.24, 2.45) is 0 Å². The molecule has 0 spiro atoms. The lowest BCUT2D eigenvalue weighted by Crippen LogP contribution is -2.24. The summed E-state index contributed by atoms with van der Waals surface area (Å²) in [6, 6.07) is 16.9. The molecular formula is C18H14ClN3O2. The molecule has 0 N–H and O–H groups in total. The van der Waals surface area contributed by atoms with E-state index in [0.29, 0.717) is 29.7 Å². The Hall–Kier alpha value is -2.66. The highest BCUT2D eigenvalue weighted by molar-refractivity contribution is 6.30. The summed E-state index contributed by atoms with van der Waals surface area (Å²) in [5.74, 6) is 0.988. The summed E-state index contributed by atoms with van der Waals surface area (Å²) >= 11 is 5.90. The van der Waals surface area contributed by atoms with E-state index < -0.39 is 0 Å². The van der Waals surface area contributed by atoms with Crippen molar-refractivity contribution in [3.63, 3.8) is 0 Å². The van der Waals surface area contributed by atoms with Crippen LogP contribution in [-0.2, 0) is 4.79 Å². The zero-order valence-corrected chi connectivity index (χ0v) is 13.5. The molecule has 0 saturated carbocycles. The molecule has 5 nitrogen and oxygen atoms in total. The lowest BCUT2D eigenvalue weighted by molar-refractivity contribution is -0.117. The van der Waals surface area contributed by atoms with Gasteiger partial charge in [-0.1, -0.05) is 47.1 Å². The van der Waals surface area contributed by atoms with Crippen molar-refractivity contribution in [3.8, 4) is 11.4 Å². The van der Waals surface area contributed by atoms with Crippen molar-refractivity contribution in [1.29, 1.82) is 0 Å². The van der Waals surface area contributed by atoms with Crippen molar-refractivity contribution >= 4 is 23.2 Å². The maximum atomic E-state index is 12.3. The molecule has 1 saturated heterocycles. The molecule has 120 valence electrons. The van der Waals surface area contributed by atoms with E-state index in [-0.39, 0.29) is 11.8 Å². The largest absolute Gasteiger partial charge is 0.339 e. The Morgan fingerprint density at radius 2 is 1.83 bits per heavy atom. The fourth-order valence-corrected chi connectivity index (χ4v) is 2.98. The van der Waals surface area contributed by atoms with Gasteiger partial charge in [0.2, 0.25) is 17.6 Å². The maximum absolute atomic E-state index is 12.3. The van der Waals surface area contributed by atoms with E-state index in [1.165, 1.54) is 0 Å². The molecule has 1 aliphatic rings. The first kappa shape index (κ1) is 14.9. The highest BCUT2D eigenvalue weighted by Gasteiger charge is 2.35. The normalized spacial score (nSPS) is 17.5. The fourth-order valence-electron chi connectivity index (χ4n) is 2.85. The van der Waals surface area contributed by atoms with Gasteiger partial charge in [0.15, 0.2) is 0 Å². The van der Waals surface area contributed by atoms with Gasteiger partial charge in [0.1, 0.15) is 0 Å². The summed E-state index contributed by atoms with van der Waals surface area (Å²) in [5, 5.41) is 4.68. The van der Waals surface area contributed by atoms with Gasteiger partial charge in [0.25, 0.3) is 0 Å². The van der Waals surface area contributed by atoms with Gasteiger partial charge in [0, 0.05) is 29.2 Å². The number of rotatable bonds is 3. The predicted octanol–water partition coefficient (Wildman–Crippen LogP) is 3.91. The van der Waals surface area contributed by atoms with Crippen LogP contribution < -0.4 is 4.90 Å². The molecule has 0 bridgehead atoms. The second kappa shape index (κ2) is 6.09. The molecule has 1 fully saturated rings. The summed E-state index contributed by atoms with van der Waals surface area (Å²) in [4.78, 5) is 18.5. The molecule has 1 aliphatic heterocycles. The third-order valence-corrected chi connectivity index (χ3v) is 4.34. The van der Waals surface area contributed by atoms with Crippen LogP contribution in [-0.4, -0.2) is 22.6 Å². The third kappa shape index (κ3) is 2.78. The van der Waals surface area contributed by atoms with Crippen molar-refractivity contribution < 1.29 is 9.32 Å². The van der Waals surface area contributed by atoms with Gasteiger partial charge in [0.05, 0.1) is 5.92 Å². The summed E-state index contributed by atoms with van der Waals surface area (Å²) in [5.41, 5.74) is 1.72. The number of nitrogens with zero attached hydrogens (tertiary/aromatic N) is 3. The van der Waals surface area contributed by atoms with Crippen LogP contribution in [0.5, 0.6) is 0 Å². The van der Waals surface area contributed by atoms with Crippen LogP contribution in [0.2, 0.25) is 5.02 Å². The Kier molecular flexibility index (Phi) is 3.78. The van der Waals surface area contributed by atoms with Crippen LogP contribution in [0.25, 0.3) is 11.4 Å². The molecular weight excluding hydrogens is 326 g/mol. The van der Waals surface area contributed by atoms with Crippen molar-refractivity contribution in [2.75, 3.05) is 11.4 Å².